The van der Waals surface area contributed by atoms with E-state index < -0.39 is 26.5 Å². The third kappa shape index (κ3) is 81.9. The summed E-state index contributed by atoms with van der Waals surface area (Å²) in [5.74, 6) is -0.815. The van der Waals surface area contributed by atoms with Crippen molar-refractivity contribution in [1.29, 1.82) is 0 Å². The van der Waals surface area contributed by atoms with Crippen LogP contribution in [0.2, 0.25) is 0 Å². The average molecular weight is 1390 g/mol. The third-order valence-electron chi connectivity index (χ3n) is 18.6. The number of likely N-dealkylation sites (N-methyl/N-ethyl adjacent to an activating group) is 1. The average Bonchev–Trinajstić information content (AvgIpc) is 1.08. The molecule has 2 atom stereocenters. The van der Waals surface area contributed by atoms with Crippen molar-refractivity contribution in [2.75, 3.05) is 47.5 Å². The van der Waals surface area contributed by atoms with Crippen LogP contribution in [0.15, 0.2) is 97.2 Å². The molecule has 0 aliphatic rings. The van der Waals surface area contributed by atoms with E-state index in [-0.39, 0.29) is 32.0 Å². The van der Waals surface area contributed by atoms with Gasteiger partial charge >= 0.3 is 11.9 Å². The van der Waals surface area contributed by atoms with E-state index in [2.05, 4.69) is 111 Å². The maximum absolute atomic E-state index is 12.9. The van der Waals surface area contributed by atoms with E-state index in [4.69, 9.17) is 18.5 Å². The molecular weight excluding hydrogens is 1230 g/mol. The fourth-order valence-electron chi connectivity index (χ4n) is 12.2. The van der Waals surface area contributed by atoms with Gasteiger partial charge in [0, 0.05) is 12.8 Å². The number of rotatable bonds is 78. The van der Waals surface area contributed by atoms with Crippen LogP contribution in [0.25, 0.3) is 0 Å². The summed E-state index contributed by atoms with van der Waals surface area (Å²) in [5, 5.41) is 0. The van der Waals surface area contributed by atoms with Gasteiger partial charge in [-0.1, -0.05) is 387 Å². The summed E-state index contributed by atoms with van der Waals surface area (Å²) >= 11 is 0. The Morgan fingerprint density at radius 2 is 0.582 bits per heavy atom. The molecular formula is C88H160NO8P. The molecule has 0 aliphatic heterocycles. The molecule has 0 aromatic carbocycles. The summed E-state index contributed by atoms with van der Waals surface area (Å²) in [6, 6.07) is 0. The van der Waals surface area contributed by atoms with E-state index in [0.29, 0.717) is 17.4 Å². The highest BCUT2D eigenvalue weighted by molar-refractivity contribution is 7.45. The van der Waals surface area contributed by atoms with E-state index in [1.165, 1.54) is 283 Å². The number of hydrogen-bond acceptors (Lipinski definition) is 8. The SMILES string of the molecule is CC/C=C\C/C=C\C/C=C\C/C=C\C/C=C\CCCCCCCCCCCCCCCCCCCC(=O)OC(COC(=O)CCCCCCCCCCCCCCCCCCCCCCCCCCCC/C=C\C/C=C\C/C=C\CCCCCCC)COP(=O)([O-])OCC[N+](C)(C)C. The lowest BCUT2D eigenvalue weighted by molar-refractivity contribution is -0.870. The second-order valence-electron chi connectivity index (χ2n) is 29.5. The van der Waals surface area contributed by atoms with Crippen molar-refractivity contribution in [2.24, 2.45) is 0 Å². The Morgan fingerprint density at radius 3 is 0.867 bits per heavy atom. The van der Waals surface area contributed by atoms with Gasteiger partial charge in [0.1, 0.15) is 19.8 Å². The number of hydrogen-bond donors (Lipinski definition) is 0. The molecule has 0 radical (unpaired) electrons. The zero-order valence-corrected chi connectivity index (χ0v) is 66.1. The molecule has 0 aromatic heterocycles. The van der Waals surface area contributed by atoms with E-state index in [0.717, 1.165) is 83.5 Å². The quantitative estimate of drug-likeness (QED) is 0.0195. The second kappa shape index (κ2) is 78.1. The molecule has 0 saturated carbocycles. The fourth-order valence-corrected chi connectivity index (χ4v) is 13.0. The molecule has 0 aliphatic carbocycles. The van der Waals surface area contributed by atoms with E-state index in [1.807, 2.05) is 21.1 Å². The van der Waals surface area contributed by atoms with Crippen molar-refractivity contribution < 1.29 is 42.1 Å². The minimum Gasteiger partial charge on any atom is -0.756 e. The first-order valence-corrected chi connectivity index (χ1v) is 43.4. The number of carbonyl (C=O) groups is 2. The standard InChI is InChI=1S/C88H160NO8P/c1-6-8-10-12-14-16-18-20-22-24-26-28-30-32-34-36-38-40-41-42-43-44-45-46-47-49-50-52-54-56-58-60-62-64-66-68-70-72-74-76-78-80-87(90)94-84-86(85-96-98(92,93)95-83-82-89(3,4)5)97-88(91)81-79-77-75-73-71-69-67-65-63-61-59-57-55-53-51-48-39-37-35-33-31-29-27-25-23-21-19-17-15-13-11-9-7-2/h9,11,15,17-18,20-21,23-24,26-27,29-30,32-33,35,86H,6-8,10,12-14,16,19,22,25,28,31,34,36-85H2,1-5H3/b11-9-,17-15-,20-18-,23-21-,26-24-,29-27-,32-30-,35-33-. The molecule has 0 saturated heterocycles. The minimum absolute atomic E-state index is 0.0307. The van der Waals surface area contributed by atoms with Crippen LogP contribution in [0.3, 0.4) is 0 Å². The molecule has 0 aromatic rings. The van der Waals surface area contributed by atoms with Crippen LogP contribution >= 0.6 is 7.82 Å². The van der Waals surface area contributed by atoms with Gasteiger partial charge in [0.05, 0.1) is 27.7 Å². The molecule has 2 unspecified atom stereocenters. The first-order chi connectivity index (χ1) is 48.0. The van der Waals surface area contributed by atoms with Crippen LogP contribution in [-0.4, -0.2) is 70.0 Å². The Labute approximate surface area is 608 Å². The number of phosphoric acid groups is 1. The predicted octanol–water partition coefficient (Wildman–Crippen LogP) is 27.5. The molecule has 0 bridgehead atoms. The Balaban J connectivity index is 3.89. The summed E-state index contributed by atoms with van der Waals surface area (Å²) in [4.78, 5) is 38.2. The van der Waals surface area contributed by atoms with Crippen molar-refractivity contribution in [3.8, 4) is 0 Å². The van der Waals surface area contributed by atoms with Gasteiger partial charge in [0.15, 0.2) is 6.10 Å². The molecule has 9 nitrogen and oxygen atoms in total. The number of ether oxygens (including phenoxy) is 2. The number of quaternary nitrogens is 1. The lowest BCUT2D eigenvalue weighted by Crippen LogP contribution is -2.37. The summed E-state index contributed by atoms with van der Waals surface area (Å²) < 4.78 is 34.5. The van der Waals surface area contributed by atoms with Crippen molar-refractivity contribution in [1.82, 2.24) is 0 Å². The molecule has 98 heavy (non-hydrogen) atoms. The summed E-state index contributed by atoms with van der Waals surface area (Å²) in [6.07, 6.45) is 110. The van der Waals surface area contributed by atoms with Crippen LogP contribution < -0.4 is 4.89 Å². The highest BCUT2D eigenvalue weighted by Crippen LogP contribution is 2.38. The van der Waals surface area contributed by atoms with Gasteiger partial charge in [-0.05, 0) is 96.3 Å². The number of phosphoric ester groups is 1. The van der Waals surface area contributed by atoms with E-state index in [1.54, 1.807) is 0 Å². The number of unbranched alkanes of at least 4 members (excludes halogenated alkanes) is 48. The monoisotopic (exact) mass is 1390 g/mol. The molecule has 0 amide bonds. The Bertz CT molecular complexity index is 1980. The number of allylic oxidation sites excluding steroid dienone is 16. The smallest absolute Gasteiger partial charge is 0.306 e. The molecule has 10 heteroatoms. The molecule has 0 N–H and O–H groups in total. The lowest BCUT2D eigenvalue weighted by atomic mass is 10.0. The van der Waals surface area contributed by atoms with Crippen LogP contribution in [-0.2, 0) is 32.7 Å². The first-order valence-electron chi connectivity index (χ1n) is 41.9. The van der Waals surface area contributed by atoms with Crippen molar-refractivity contribution in [2.45, 2.75) is 405 Å². The normalized spacial score (nSPS) is 13.5. The fraction of sp³-hybridized carbons (Fsp3) is 0.795. The second-order valence-corrected chi connectivity index (χ2v) is 30.9. The zero-order chi connectivity index (χ0) is 71.1. The summed E-state index contributed by atoms with van der Waals surface area (Å²) in [6.45, 7) is 4.17. The van der Waals surface area contributed by atoms with E-state index in [9.17, 15) is 19.0 Å². The highest BCUT2D eigenvalue weighted by atomic mass is 31.2. The van der Waals surface area contributed by atoms with Gasteiger partial charge in [-0.15, -0.1) is 0 Å². The Hall–Kier alpha value is -3.07. The molecule has 0 spiro atoms. The van der Waals surface area contributed by atoms with Gasteiger partial charge in [-0.2, -0.15) is 0 Å². The van der Waals surface area contributed by atoms with Gasteiger partial charge in [0.2, 0.25) is 0 Å². The van der Waals surface area contributed by atoms with Gasteiger partial charge in [-0.3, -0.25) is 14.2 Å². The Morgan fingerprint density at radius 1 is 0.327 bits per heavy atom. The van der Waals surface area contributed by atoms with Crippen molar-refractivity contribution >= 4 is 19.8 Å². The van der Waals surface area contributed by atoms with Gasteiger partial charge in [-0.25, -0.2) is 0 Å². The molecule has 0 rings (SSSR count). The largest absolute Gasteiger partial charge is 0.756 e. The summed E-state index contributed by atoms with van der Waals surface area (Å²) in [7, 11) is 1.18. The van der Waals surface area contributed by atoms with E-state index >= 15 is 0 Å². The van der Waals surface area contributed by atoms with Crippen LogP contribution in [0.4, 0.5) is 0 Å². The zero-order valence-electron chi connectivity index (χ0n) is 65.2. The van der Waals surface area contributed by atoms with Crippen molar-refractivity contribution in [3.05, 3.63) is 97.2 Å². The van der Waals surface area contributed by atoms with Crippen molar-refractivity contribution in [3.63, 3.8) is 0 Å². The highest BCUT2D eigenvalue weighted by Gasteiger charge is 2.22. The van der Waals surface area contributed by atoms with Gasteiger partial charge < -0.3 is 27.9 Å². The van der Waals surface area contributed by atoms with Crippen LogP contribution in [0.5, 0.6) is 0 Å². The summed E-state index contributed by atoms with van der Waals surface area (Å²) in [5.41, 5.74) is 0. The molecule has 0 heterocycles. The number of carbonyl (C=O) groups excluding carboxylic acids is 2. The molecule has 570 valence electrons. The number of esters is 2. The topological polar surface area (TPSA) is 111 Å². The van der Waals surface area contributed by atoms with Gasteiger partial charge in [0.25, 0.3) is 7.82 Å². The van der Waals surface area contributed by atoms with Crippen LogP contribution in [0, 0.1) is 0 Å². The molecule has 0 fully saturated rings. The first kappa shape index (κ1) is 94.9. The lowest BCUT2D eigenvalue weighted by Gasteiger charge is -2.28. The van der Waals surface area contributed by atoms with Crippen LogP contribution in [0.1, 0.15) is 399 Å². The maximum atomic E-state index is 12.9. The number of nitrogens with zero attached hydrogens (tertiary/aromatic N) is 1. The minimum atomic E-state index is -4.65. The third-order valence-corrected chi connectivity index (χ3v) is 19.6. The Kier molecular flexibility index (Phi) is 75.6. The predicted molar refractivity (Wildman–Crippen MR) is 425 cm³/mol. The maximum Gasteiger partial charge on any atom is 0.306 e.